The first-order valence-electron chi connectivity index (χ1n) is 6.10. The molecule has 1 atom stereocenters. The number of carboxylic acids is 1. The van der Waals surface area contributed by atoms with Crippen LogP contribution in [0.5, 0.6) is 0 Å². The minimum atomic E-state index is -0.938. The predicted molar refractivity (Wildman–Crippen MR) is 71.6 cm³/mol. The van der Waals surface area contributed by atoms with Crippen molar-refractivity contribution < 1.29 is 14.7 Å². The Morgan fingerprint density at radius 2 is 2.11 bits per heavy atom. The fourth-order valence-electron chi connectivity index (χ4n) is 1.42. The smallest absolute Gasteiger partial charge is 0.309 e. The largest absolute Gasteiger partial charge is 0.481 e. The van der Waals surface area contributed by atoms with Crippen LogP contribution >= 0.6 is 0 Å². The number of aromatic nitrogens is 1. The number of rotatable bonds is 6. The Morgan fingerprint density at radius 3 is 2.58 bits per heavy atom. The van der Waals surface area contributed by atoms with Crippen LogP contribution in [0.2, 0.25) is 0 Å². The van der Waals surface area contributed by atoms with Gasteiger partial charge in [0.15, 0.2) is 0 Å². The van der Waals surface area contributed by atoms with Gasteiger partial charge in [0.25, 0.3) is 0 Å². The van der Waals surface area contributed by atoms with Crippen molar-refractivity contribution >= 4 is 17.6 Å². The number of carbonyl (C=O) groups excluding carboxylic acids is 1. The predicted octanol–water partition coefficient (Wildman–Crippen LogP) is 1.02. The molecule has 0 radical (unpaired) electrons. The van der Waals surface area contributed by atoms with Crippen LogP contribution in [0.25, 0.3) is 0 Å². The molecule has 6 heteroatoms. The molecular weight excluding hydrogens is 246 g/mol. The van der Waals surface area contributed by atoms with Crippen LogP contribution in [0, 0.1) is 5.92 Å². The molecule has 1 heterocycles. The number of nitrogens with zero attached hydrogens (tertiary/aromatic N) is 1. The van der Waals surface area contributed by atoms with Gasteiger partial charge in [-0.05, 0) is 18.1 Å². The number of nitrogens with two attached hydrogens (primary N) is 1. The van der Waals surface area contributed by atoms with Crippen LogP contribution in [-0.4, -0.2) is 28.0 Å². The molecule has 1 aromatic rings. The van der Waals surface area contributed by atoms with Crippen LogP contribution in [0.3, 0.4) is 0 Å². The zero-order valence-corrected chi connectivity index (χ0v) is 11.1. The topological polar surface area (TPSA) is 105 Å². The Kier molecular flexibility index (Phi) is 5.44. The van der Waals surface area contributed by atoms with Gasteiger partial charge in [0, 0.05) is 12.5 Å². The van der Waals surface area contributed by atoms with Gasteiger partial charge in [0.1, 0.15) is 0 Å². The molecule has 1 amide bonds. The average Bonchev–Trinajstić information content (AvgIpc) is 2.30. The molecule has 0 aliphatic heterocycles. The van der Waals surface area contributed by atoms with Crippen LogP contribution in [-0.2, 0) is 16.0 Å². The first-order chi connectivity index (χ1) is 8.88. The Morgan fingerprint density at radius 1 is 1.42 bits per heavy atom. The summed E-state index contributed by atoms with van der Waals surface area (Å²) in [4.78, 5) is 26.1. The van der Waals surface area contributed by atoms with Crippen molar-refractivity contribution in [1.29, 1.82) is 0 Å². The standard InChI is InChI=1S/C13H19N3O3/c1-8(2)11(14)6-12(17)16-10-4-3-9(15-7-10)5-13(18)19/h3-4,7-8,11H,5-6,14H2,1-2H3,(H,16,17)(H,18,19). The van der Waals surface area contributed by atoms with Gasteiger partial charge in [0.2, 0.25) is 5.91 Å². The van der Waals surface area contributed by atoms with E-state index in [4.69, 9.17) is 10.8 Å². The second-order valence-corrected chi connectivity index (χ2v) is 4.77. The van der Waals surface area contributed by atoms with E-state index in [9.17, 15) is 9.59 Å². The van der Waals surface area contributed by atoms with Crippen LogP contribution in [0.15, 0.2) is 18.3 Å². The van der Waals surface area contributed by atoms with Gasteiger partial charge in [0.05, 0.1) is 24.0 Å². The molecule has 1 aromatic heterocycles. The molecule has 104 valence electrons. The van der Waals surface area contributed by atoms with E-state index in [2.05, 4.69) is 10.3 Å². The summed E-state index contributed by atoms with van der Waals surface area (Å²) in [5.74, 6) is -0.872. The molecule has 0 saturated carbocycles. The van der Waals surface area contributed by atoms with Crippen molar-refractivity contribution in [2.75, 3.05) is 5.32 Å². The number of anilines is 1. The number of amides is 1. The SMILES string of the molecule is CC(C)C(N)CC(=O)Nc1ccc(CC(=O)O)nc1. The van der Waals surface area contributed by atoms with Gasteiger partial charge >= 0.3 is 5.97 Å². The Balaban J connectivity index is 2.53. The molecule has 4 N–H and O–H groups in total. The molecule has 0 aliphatic carbocycles. The fraction of sp³-hybridized carbons (Fsp3) is 0.462. The van der Waals surface area contributed by atoms with E-state index in [1.54, 1.807) is 12.1 Å². The molecule has 1 rings (SSSR count). The summed E-state index contributed by atoms with van der Waals surface area (Å²) in [6.07, 6.45) is 1.55. The highest BCUT2D eigenvalue weighted by Crippen LogP contribution is 2.09. The number of hydrogen-bond donors (Lipinski definition) is 3. The van der Waals surface area contributed by atoms with Gasteiger partial charge in [-0.2, -0.15) is 0 Å². The van der Waals surface area contributed by atoms with E-state index >= 15 is 0 Å². The molecule has 0 aliphatic rings. The molecule has 1 unspecified atom stereocenters. The third kappa shape index (κ3) is 5.48. The Labute approximate surface area is 112 Å². The zero-order valence-electron chi connectivity index (χ0n) is 11.1. The van der Waals surface area contributed by atoms with Crippen molar-refractivity contribution in [3.05, 3.63) is 24.0 Å². The second-order valence-electron chi connectivity index (χ2n) is 4.77. The van der Waals surface area contributed by atoms with Crippen LogP contribution in [0.4, 0.5) is 5.69 Å². The van der Waals surface area contributed by atoms with E-state index in [-0.39, 0.29) is 30.7 Å². The zero-order chi connectivity index (χ0) is 14.4. The van der Waals surface area contributed by atoms with Crippen molar-refractivity contribution in [1.82, 2.24) is 4.98 Å². The second kappa shape index (κ2) is 6.84. The summed E-state index contributed by atoms with van der Waals surface area (Å²) < 4.78 is 0. The fourth-order valence-corrected chi connectivity index (χ4v) is 1.42. The van der Waals surface area contributed by atoms with E-state index in [0.29, 0.717) is 11.4 Å². The van der Waals surface area contributed by atoms with Crippen molar-refractivity contribution in [3.63, 3.8) is 0 Å². The number of nitrogens with one attached hydrogen (secondary N) is 1. The van der Waals surface area contributed by atoms with Crippen molar-refractivity contribution in [2.45, 2.75) is 32.7 Å². The van der Waals surface area contributed by atoms with Crippen molar-refractivity contribution in [2.24, 2.45) is 11.7 Å². The highest BCUT2D eigenvalue weighted by atomic mass is 16.4. The summed E-state index contributed by atoms with van der Waals surface area (Å²) in [7, 11) is 0. The van der Waals surface area contributed by atoms with Gasteiger partial charge in [-0.15, -0.1) is 0 Å². The molecule has 6 nitrogen and oxygen atoms in total. The molecule has 19 heavy (non-hydrogen) atoms. The minimum absolute atomic E-state index is 0.132. The molecule has 0 saturated heterocycles. The van der Waals surface area contributed by atoms with Crippen LogP contribution < -0.4 is 11.1 Å². The van der Waals surface area contributed by atoms with Crippen molar-refractivity contribution in [3.8, 4) is 0 Å². The number of aliphatic carboxylic acids is 1. The van der Waals surface area contributed by atoms with Gasteiger partial charge in [-0.3, -0.25) is 14.6 Å². The number of carbonyl (C=O) groups is 2. The van der Waals surface area contributed by atoms with E-state index < -0.39 is 5.97 Å². The third-order valence-corrected chi connectivity index (χ3v) is 2.72. The lowest BCUT2D eigenvalue weighted by Gasteiger charge is -2.14. The molecule has 0 fully saturated rings. The lowest BCUT2D eigenvalue weighted by molar-refractivity contribution is -0.136. The minimum Gasteiger partial charge on any atom is -0.481 e. The first kappa shape index (κ1) is 15.1. The lowest BCUT2D eigenvalue weighted by Crippen LogP contribution is -2.31. The summed E-state index contributed by atoms with van der Waals surface area (Å²) in [6.45, 7) is 3.92. The van der Waals surface area contributed by atoms with E-state index in [0.717, 1.165) is 0 Å². The molecule has 0 spiro atoms. The average molecular weight is 265 g/mol. The lowest BCUT2D eigenvalue weighted by atomic mass is 10.0. The molecular formula is C13H19N3O3. The molecule has 0 bridgehead atoms. The normalized spacial score (nSPS) is 12.2. The van der Waals surface area contributed by atoms with Crippen LogP contribution in [0.1, 0.15) is 26.0 Å². The number of carboxylic acid groups (broad SMARTS) is 1. The maximum atomic E-state index is 11.7. The summed E-state index contributed by atoms with van der Waals surface area (Å²) in [6, 6.07) is 3.02. The Bertz CT molecular complexity index is 443. The quantitative estimate of drug-likeness (QED) is 0.712. The highest BCUT2D eigenvalue weighted by Gasteiger charge is 2.13. The highest BCUT2D eigenvalue weighted by molar-refractivity contribution is 5.90. The summed E-state index contributed by atoms with van der Waals surface area (Å²) in [5.41, 5.74) is 6.79. The van der Waals surface area contributed by atoms with E-state index in [1.165, 1.54) is 6.20 Å². The summed E-state index contributed by atoms with van der Waals surface area (Å²) in [5, 5.41) is 11.3. The summed E-state index contributed by atoms with van der Waals surface area (Å²) >= 11 is 0. The van der Waals surface area contributed by atoms with E-state index in [1.807, 2.05) is 13.8 Å². The van der Waals surface area contributed by atoms with Gasteiger partial charge in [-0.25, -0.2) is 0 Å². The monoisotopic (exact) mass is 265 g/mol. The molecule has 0 aromatic carbocycles. The third-order valence-electron chi connectivity index (χ3n) is 2.72. The Hall–Kier alpha value is -1.95. The first-order valence-corrected chi connectivity index (χ1v) is 6.10. The number of pyridine rings is 1. The van der Waals surface area contributed by atoms with Gasteiger partial charge in [-0.1, -0.05) is 13.8 Å². The number of hydrogen-bond acceptors (Lipinski definition) is 4. The maximum Gasteiger partial charge on any atom is 0.309 e. The maximum absolute atomic E-state index is 11.7. The van der Waals surface area contributed by atoms with Gasteiger partial charge < -0.3 is 16.2 Å².